The maximum Gasteiger partial charge on any atom is 0.336 e. The largest absolute Gasteiger partial charge is 0.478 e. The number of aromatic carboxylic acids is 1. The number of aryl methyl sites for hydroxylation is 2. The van der Waals surface area contributed by atoms with Crippen LogP contribution >= 0.6 is 15.9 Å². The minimum absolute atomic E-state index is 0.180. The second kappa shape index (κ2) is 6.10. The van der Waals surface area contributed by atoms with Crippen LogP contribution in [0.4, 0.5) is 5.69 Å². The number of carboxylic acid groups (broad SMARTS) is 1. The van der Waals surface area contributed by atoms with Gasteiger partial charge in [-0.2, -0.15) is 0 Å². The van der Waals surface area contributed by atoms with Gasteiger partial charge in [-0.15, -0.1) is 0 Å². The fourth-order valence-corrected chi connectivity index (χ4v) is 2.17. The van der Waals surface area contributed by atoms with Gasteiger partial charge in [-0.05, 0) is 55.3 Å². The first kappa shape index (κ1) is 15.3. The monoisotopic (exact) mass is 347 g/mol. The molecule has 0 aliphatic rings. The van der Waals surface area contributed by atoms with Crippen LogP contribution in [0.25, 0.3) is 0 Å². The summed E-state index contributed by atoms with van der Waals surface area (Å²) in [5.41, 5.74) is 2.77. The highest BCUT2D eigenvalue weighted by atomic mass is 79.9. The molecule has 4 nitrogen and oxygen atoms in total. The van der Waals surface area contributed by atoms with Gasteiger partial charge in [-0.1, -0.05) is 22.0 Å². The lowest BCUT2D eigenvalue weighted by Crippen LogP contribution is -2.13. The second-order valence-corrected chi connectivity index (χ2v) is 5.61. The Balaban J connectivity index is 2.25. The summed E-state index contributed by atoms with van der Waals surface area (Å²) in [6.45, 7) is 3.61. The third-order valence-corrected chi connectivity index (χ3v) is 4.04. The van der Waals surface area contributed by atoms with Crippen LogP contribution in [-0.2, 0) is 0 Å². The lowest BCUT2D eigenvalue weighted by atomic mass is 10.1. The van der Waals surface area contributed by atoms with Gasteiger partial charge in [0.2, 0.25) is 0 Å². The number of anilines is 1. The Morgan fingerprint density at radius 3 is 2.38 bits per heavy atom. The van der Waals surface area contributed by atoms with Crippen molar-refractivity contribution in [2.75, 3.05) is 5.32 Å². The van der Waals surface area contributed by atoms with E-state index in [0.717, 1.165) is 10.0 Å². The minimum Gasteiger partial charge on any atom is -0.478 e. The van der Waals surface area contributed by atoms with Crippen molar-refractivity contribution in [3.63, 3.8) is 0 Å². The molecule has 0 spiro atoms. The van der Waals surface area contributed by atoms with Crippen molar-refractivity contribution >= 4 is 33.5 Å². The molecule has 5 heteroatoms. The molecule has 0 saturated carbocycles. The summed E-state index contributed by atoms with van der Waals surface area (Å²) in [4.78, 5) is 23.3. The summed E-state index contributed by atoms with van der Waals surface area (Å²) < 4.78 is 0.933. The van der Waals surface area contributed by atoms with E-state index in [-0.39, 0.29) is 11.5 Å². The van der Waals surface area contributed by atoms with Gasteiger partial charge in [0.1, 0.15) is 0 Å². The van der Waals surface area contributed by atoms with Crippen LogP contribution in [0.15, 0.2) is 40.9 Å². The predicted octanol–water partition coefficient (Wildman–Crippen LogP) is 4.02. The number of carboxylic acids is 1. The zero-order chi connectivity index (χ0) is 15.6. The highest BCUT2D eigenvalue weighted by Gasteiger charge is 2.11. The van der Waals surface area contributed by atoms with Crippen molar-refractivity contribution in [1.82, 2.24) is 0 Å². The van der Waals surface area contributed by atoms with Gasteiger partial charge in [0.15, 0.2) is 0 Å². The Bertz CT molecular complexity index is 725. The number of halogens is 1. The molecule has 0 radical (unpaired) electrons. The van der Waals surface area contributed by atoms with Gasteiger partial charge in [0.05, 0.1) is 5.56 Å². The van der Waals surface area contributed by atoms with E-state index in [1.54, 1.807) is 31.2 Å². The molecule has 108 valence electrons. The average Bonchev–Trinajstić information content (AvgIpc) is 2.43. The molecule has 0 heterocycles. The quantitative estimate of drug-likeness (QED) is 0.881. The molecule has 0 atom stereocenters. The zero-order valence-electron chi connectivity index (χ0n) is 11.6. The van der Waals surface area contributed by atoms with Crippen molar-refractivity contribution < 1.29 is 14.7 Å². The van der Waals surface area contributed by atoms with Gasteiger partial charge >= 0.3 is 5.97 Å². The molecule has 2 aromatic carbocycles. The Hall–Kier alpha value is -2.14. The number of carbonyl (C=O) groups excluding carboxylic acids is 1. The smallest absolute Gasteiger partial charge is 0.336 e. The topological polar surface area (TPSA) is 66.4 Å². The molecule has 1 amide bonds. The molecule has 0 fully saturated rings. The molecule has 0 bridgehead atoms. The number of hydrogen-bond acceptors (Lipinski definition) is 2. The van der Waals surface area contributed by atoms with E-state index in [4.69, 9.17) is 5.11 Å². The number of benzene rings is 2. The van der Waals surface area contributed by atoms with E-state index in [9.17, 15) is 9.59 Å². The van der Waals surface area contributed by atoms with E-state index in [1.807, 2.05) is 13.0 Å². The molecule has 0 aliphatic carbocycles. The van der Waals surface area contributed by atoms with Crippen LogP contribution in [0.5, 0.6) is 0 Å². The van der Waals surface area contributed by atoms with E-state index >= 15 is 0 Å². The first-order chi connectivity index (χ1) is 9.88. The molecule has 0 aliphatic heterocycles. The SMILES string of the molecule is Cc1cc(C(=O)Nc2ccc(C)c(C(=O)O)c2)ccc1Br. The van der Waals surface area contributed by atoms with E-state index in [2.05, 4.69) is 21.2 Å². The van der Waals surface area contributed by atoms with Gasteiger partial charge in [-0.25, -0.2) is 4.79 Å². The third-order valence-electron chi connectivity index (χ3n) is 3.15. The third kappa shape index (κ3) is 3.49. The number of hydrogen-bond donors (Lipinski definition) is 2. The standard InChI is InChI=1S/C16H14BrNO3/c1-9-3-5-12(8-13(9)16(20)21)18-15(19)11-4-6-14(17)10(2)7-11/h3-8H,1-2H3,(H,18,19)(H,20,21). The Morgan fingerprint density at radius 2 is 1.76 bits per heavy atom. The summed E-state index contributed by atoms with van der Waals surface area (Å²) in [6.07, 6.45) is 0. The van der Waals surface area contributed by atoms with Crippen LogP contribution < -0.4 is 5.32 Å². The molecule has 2 aromatic rings. The summed E-state index contributed by atoms with van der Waals surface area (Å²) in [7, 11) is 0. The van der Waals surface area contributed by atoms with Crippen LogP contribution in [0.2, 0.25) is 0 Å². The van der Waals surface area contributed by atoms with Crippen molar-refractivity contribution in [3.05, 3.63) is 63.1 Å². The maximum absolute atomic E-state index is 12.2. The van der Waals surface area contributed by atoms with Crippen LogP contribution in [-0.4, -0.2) is 17.0 Å². The van der Waals surface area contributed by atoms with Crippen LogP contribution in [0.3, 0.4) is 0 Å². The number of rotatable bonds is 3. The highest BCUT2D eigenvalue weighted by Crippen LogP contribution is 2.19. The summed E-state index contributed by atoms with van der Waals surface area (Å²) in [6, 6.07) is 10.1. The summed E-state index contributed by atoms with van der Waals surface area (Å²) >= 11 is 3.38. The Morgan fingerprint density at radius 1 is 1.05 bits per heavy atom. The van der Waals surface area contributed by atoms with Gasteiger partial charge in [0.25, 0.3) is 5.91 Å². The molecule has 21 heavy (non-hydrogen) atoms. The highest BCUT2D eigenvalue weighted by molar-refractivity contribution is 9.10. The zero-order valence-corrected chi connectivity index (χ0v) is 13.2. The van der Waals surface area contributed by atoms with Crippen molar-refractivity contribution in [3.8, 4) is 0 Å². The normalized spacial score (nSPS) is 10.2. The molecule has 2 N–H and O–H groups in total. The summed E-state index contributed by atoms with van der Waals surface area (Å²) in [5, 5.41) is 11.8. The van der Waals surface area contributed by atoms with Crippen molar-refractivity contribution in [1.29, 1.82) is 0 Å². The lowest BCUT2D eigenvalue weighted by Gasteiger charge is -2.09. The molecule has 2 rings (SSSR count). The van der Waals surface area contributed by atoms with E-state index in [0.29, 0.717) is 16.8 Å². The first-order valence-electron chi connectivity index (χ1n) is 6.30. The van der Waals surface area contributed by atoms with Crippen LogP contribution in [0, 0.1) is 13.8 Å². The molecule has 0 unspecified atom stereocenters. The Labute approximate surface area is 130 Å². The Kier molecular flexibility index (Phi) is 4.43. The van der Waals surface area contributed by atoms with Crippen molar-refractivity contribution in [2.45, 2.75) is 13.8 Å². The predicted molar refractivity (Wildman–Crippen MR) is 85.0 cm³/mol. The second-order valence-electron chi connectivity index (χ2n) is 4.75. The molecular formula is C16H14BrNO3. The average molecular weight is 348 g/mol. The maximum atomic E-state index is 12.2. The van der Waals surface area contributed by atoms with Gasteiger partial charge < -0.3 is 10.4 Å². The van der Waals surface area contributed by atoms with E-state index in [1.165, 1.54) is 6.07 Å². The number of amides is 1. The summed E-state index contributed by atoms with van der Waals surface area (Å²) in [5.74, 6) is -1.28. The van der Waals surface area contributed by atoms with E-state index < -0.39 is 5.97 Å². The lowest BCUT2D eigenvalue weighted by molar-refractivity contribution is 0.0695. The van der Waals surface area contributed by atoms with Gasteiger partial charge in [0, 0.05) is 15.7 Å². The fraction of sp³-hybridized carbons (Fsp3) is 0.125. The minimum atomic E-state index is -1.01. The molecular weight excluding hydrogens is 334 g/mol. The first-order valence-corrected chi connectivity index (χ1v) is 7.09. The molecule has 0 aromatic heterocycles. The number of carbonyl (C=O) groups is 2. The number of nitrogens with one attached hydrogen (secondary N) is 1. The van der Waals surface area contributed by atoms with Gasteiger partial charge in [-0.3, -0.25) is 4.79 Å². The molecule has 0 saturated heterocycles. The van der Waals surface area contributed by atoms with Crippen LogP contribution in [0.1, 0.15) is 31.8 Å². The fourth-order valence-electron chi connectivity index (χ4n) is 1.92. The van der Waals surface area contributed by atoms with Crippen molar-refractivity contribution in [2.24, 2.45) is 0 Å².